The van der Waals surface area contributed by atoms with E-state index in [1.165, 1.54) is 37.6 Å². The Balaban J connectivity index is 1.87. The van der Waals surface area contributed by atoms with E-state index in [1.807, 2.05) is 0 Å². The minimum Gasteiger partial charge on any atom is -0.497 e. The van der Waals surface area contributed by atoms with E-state index in [0.29, 0.717) is 22.6 Å². The molecular formula is C24H17ClF3N3O4. The molecule has 0 aliphatic carbocycles. The van der Waals surface area contributed by atoms with Gasteiger partial charge in [0.2, 0.25) is 5.91 Å². The molecule has 4 aromatic rings. The zero-order valence-electron chi connectivity index (χ0n) is 18.0. The molecule has 0 unspecified atom stereocenters. The molecule has 0 aliphatic rings. The zero-order valence-corrected chi connectivity index (χ0v) is 18.8. The Bertz CT molecular complexity index is 1420. The lowest BCUT2D eigenvalue weighted by atomic mass is 10.0. The van der Waals surface area contributed by atoms with Crippen molar-refractivity contribution in [2.24, 2.45) is 5.73 Å². The van der Waals surface area contributed by atoms with Crippen molar-refractivity contribution in [1.29, 1.82) is 0 Å². The number of amides is 2. The van der Waals surface area contributed by atoms with Crippen LogP contribution in [0.2, 0.25) is 5.02 Å². The van der Waals surface area contributed by atoms with Crippen molar-refractivity contribution in [3.63, 3.8) is 0 Å². The number of carbonyl (C=O) groups excluding carboxylic acids is 2. The van der Waals surface area contributed by atoms with Gasteiger partial charge in [-0.25, -0.2) is 4.79 Å². The molecule has 0 fully saturated rings. The highest BCUT2D eigenvalue weighted by Gasteiger charge is 2.34. The third-order valence-corrected chi connectivity index (χ3v) is 5.43. The molecule has 0 atom stereocenters. The maximum Gasteiger partial charge on any atom is 0.573 e. The predicted molar refractivity (Wildman–Crippen MR) is 125 cm³/mol. The van der Waals surface area contributed by atoms with Gasteiger partial charge in [-0.1, -0.05) is 29.8 Å². The van der Waals surface area contributed by atoms with Crippen molar-refractivity contribution in [3.8, 4) is 22.6 Å². The lowest BCUT2D eigenvalue weighted by Crippen LogP contribution is -2.21. The number of nitrogens with zero attached hydrogens (tertiary/aromatic N) is 1. The van der Waals surface area contributed by atoms with Crippen molar-refractivity contribution in [3.05, 3.63) is 77.4 Å². The summed E-state index contributed by atoms with van der Waals surface area (Å²) in [7, 11) is 1.49. The normalized spacial score (nSPS) is 11.3. The summed E-state index contributed by atoms with van der Waals surface area (Å²) in [6, 6.07) is 14.4. The van der Waals surface area contributed by atoms with Gasteiger partial charge in [0.1, 0.15) is 11.3 Å². The molecule has 7 nitrogen and oxygen atoms in total. The summed E-state index contributed by atoms with van der Waals surface area (Å²) in [5, 5.41) is 2.56. The molecule has 11 heteroatoms. The summed E-state index contributed by atoms with van der Waals surface area (Å²) < 4.78 is 49.9. The van der Waals surface area contributed by atoms with E-state index >= 15 is 0 Å². The number of fused-ring (bicyclic) bond motifs is 1. The molecule has 3 aromatic carbocycles. The highest BCUT2D eigenvalue weighted by atomic mass is 35.5. The summed E-state index contributed by atoms with van der Waals surface area (Å²) >= 11 is 6.06. The van der Waals surface area contributed by atoms with Crippen LogP contribution in [0.4, 0.5) is 23.7 Å². The standard InChI is InChI=1S/C24H17ClF3N3O4/c1-34-16-8-6-15(7-9-16)30-23(33)31-12-18(13-2-4-14(5-3-13)22(29)32)17-10-11-19(25)21(20(17)31)35-24(26,27)28/h2-12H,1H3,(H2,29,32)(H,30,33). The third kappa shape index (κ3) is 5.02. The van der Waals surface area contributed by atoms with Crippen molar-refractivity contribution >= 4 is 40.1 Å². The average Bonchev–Trinajstić information content (AvgIpc) is 3.21. The molecule has 0 spiro atoms. The molecule has 0 radical (unpaired) electrons. The first-order chi connectivity index (χ1) is 16.6. The molecule has 0 aliphatic heterocycles. The Morgan fingerprint density at radius 3 is 2.23 bits per heavy atom. The van der Waals surface area contributed by atoms with Crippen molar-refractivity contribution < 1.29 is 32.2 Å². The van der Waals surface area contributed by atoms with E-state index in [-0.39, 0.29) is 21.5 Å². The quantitative estimate of drug-likeness (QED) is 0.346. The van der Waals surface area contributed by atoms with Crippen LogP contribution in [0.25, 0.3) is 22.0 Å². The van der Waals surface area contributed by atoms with Crippen LogP contribution in [0.5, 0.6) is 11.5 Å². The second-order valence-corrected chi connectivity index (χ2v) is 7.74. The first-order valence-electron chi connectivity index (χ1n) is 10.0. The first-order valence-corrected chi connectivity index (χ1v) is 10.4. The minimum absolute atomic E-state index is 0.185. The van der Waals surface area contributed by atoms with Crippen LogP contribution in [-0.2, 0) is 0 Å². The number of ether oxygens (including phenoxy) is 2. The van der Waals surface area contributed by atoms with Crippen LogP contribution in [0, 0.1) is 0 Å². The van der Waals surface area contributed by atoms with Crippen LogP contribution in [0.3, 0.4) is 0 Å². The molecule has 1 heterocycles. The van der Waals surface area contributed by atoms with E-state index in [4.69, 9.17) is 22.1 Å². The topological polar surface area (TPSA) is 95.6 Å². The maximum absolute atomic E-state index is 13.2. The van der Waals surface area contributed by atoms with Crippen LogP contribution >= 0.6 is 11.6 Å². The van der Waals surface area contributed by atoms with Crippen LogP contribution < -0.4 is 20.5 Å². The highest BCUT2D eigenvalue weighted by molar-refractivity contribution is 6.33. The van der Waals surface area contributed by atoms with Crippen molar-refractivity contribution in [2.75, 3.05) is 12.4 Å². The molecule has 0 bridgehead atoms. The van der Waals surface area contributed by atoms with Crippen LogP contribution in [-0.4, -0.2) is 30.0 Å². The molecule has 180 valence electrons. The molecule has 3 N–H and O–H groups in total. The van der Waals surface area contributed by atoms with Gasteiger partial charge in [0.15, 0.2) is 5.75 Å². The van der Waals surface area contributed by atoms with Gasteiger partial charge in [-0.05, 0) is 48.0 Å². The lowest BCUT2D eigenvalue weighted by Gasteiger charge is -2.14. The van der Waals surface area contributed by atoms with Gasteiger partial charge in [0, 0.05) is 28.4 Å². The summed E-state index contributed by atoms with van der Waals surface area (Å²) in [4.78, 5) is 24.6. The van der Waals surface area contributed by atoms with Gasteiger partial charge >= 0.3 is 12.4 Å². The number of aromatic nitrogens is 1. The van der Waals surface area contributed by atoms with Gasteiger partial charge in [-0.2, -0.15) is 0 Å². The number of rotatable bonds is 5. The van der Waals surface area contributed by atoms with Crippen LogP contribution in [0.15, 0.2) is 66.9 Å². The monoisotopic (exact) mass is 503 g/mol. The van der Waals surface area contributed by atoms with Gasteiger partial charge in [0.05, 0.1) is 12.1 Å². The Morgan fingerprint density at radius 2 is 1.66 bits per heavy atom. The molecule has 4 rings (SSSR count). The molecule has 2 amide bonds. The summed E-state index contributed by atoms with van der Waals surface area (Å²) in [6.07, 6.45) is -3.69. The number of carbonyl (C=O) groups is 2. The number of halogens is 4. The van der Waals surface area contributed by atoms with E-state index < -0.39 is 24.1 Å². The number of nitrogens with one attached hydrogen (secondary N) is 1. The fraction of sp³-hybridized carbons (Fsp3) is 0.0833. The summed E-state index contributed by atoms with van der Waals surface area (Å²) in [5.41, 5.74) is 6.66. The van der Waals surface area contributed by atoms with Gasteiger partial charge in [0.25, 0.3) is 0 Å². The smallest absolute Gasteiger partial charge is 0.497 e. The van der Waals surface area contributed by atoms with Crippen molar-refractivity contribution in [2.45, 2.75) is 6.36 Å². The second-order valence-electron chi connectivity index (χ2n) is 7.33. The molecule has 0 saturated heterocycles. The zero-order chi connectivity index (χ0) is 25.3. The largest absolute Gasteiger partial charge is 0.573 e. The van der Waals surface area contributed by atoms with Gasteiger partial charge in [-0.3, -0.25) is 9.36 Å². The Hall–Kier alpha value is -4.18. The van der Waals surface area contributed by atoms with Gasteiger partial charge < -0.3 is 20.5 Å². The number of methoxy groups -OCH3 is 1. The third-order valence-electron chi connectivity index (χ3n) is 5.13. The Labute approximate surface area is 201 Å². The Morgan fingerprint density at radius 1 is 1.00 bits per heavy atom. The molecular weight excluding hydrogens is 487 g/mol. The van der Waals surface area contributed by atoms with E-state index in [1.54, 1.807) is 36.4 Å². The van der Waals surface area contributed by atoms with Gasteiger partial charge in [-0.15, -0.1) is 13.2 Å². The number of primary amides is 1. The van der Waals surface area contributed by atoms with Crippen LogP contribution in [0.1, 0.15) is 10.4 Å². The van der Waals surface area contributed by atoms with E-state index in [9.17, 15) is 22.8 Å². The average molecular weight is 504 g/mol. The van der Waals surface area contributed by atoms with Crippen molar-refractivity contribution in [1.82, 2.24) is 4.57 Å². The molecule has 0 saturated carbocycles. The maximum atomic E-state index is 13.2. The molecule has 35 heavy (non-hydrogen) atoms. The van der Waals surface area contributed by atoms with E-state index in [0.717, 1.165) is 4.57 Å². The number of hydrogen-bond donors (Lipinski definition) is 2. The number of nitrogens with two attached hydrogens (primary N) is 1. The summed E-state index contributed by atoms with van der Waals surface area (Å²) in [6.45, 7) is 0. The van der Waals surface area contributed by atoms with E-state index in [2.05, 4.69) is 10.1 Å². The number of anilines is 1. The lowest BCUT2D eigenvalue weighted by molar-refractivity contribution is -0.274. The SMILES string of the molecule is COc1ccc(NC(=O)n2cc(-c3ccc(C(N)=O)cc3)c3ccc(Cl)c(OC(F)(F)F)c32)cc1. The number of hydrogen-bond acceptors (Lipinski definition) is 4. The highest BCUT2D eigenvalue weighted by Crippen LogP contribution is 2.42. The Kier molecular flexibility index (Phi) is 6.31. The second kappa shape index (κ2) is 9.22. The number of alkyl halides is 3. The number of benzene rings is 3. The minimum atomic E-state index is -5.05. The predicted octanol–water partition coefficient (Wildman–Crippen LogP) is 6.05. The fourth-order valence-corrected chi connectivity index (χ4v) is 3.73. The summed E-state index contributed by atoms with van der Waals surface area (Å²) in [5.74, 6) is -0.796. The molecule has 1 aromatic heterocycles. The fourth-order valence-electron chi connectivity index (χ4n) is 3.54. The first kappa shape index (κ1) is 24.0.